The van der Waals surface area contributed by atoms with Gasteiger partial charge in [-0.15, -0.1) is 0 Å². The standard InChI is InChI=1S/C15H22N2O3/c1-17(12-4-3-5-13(18)10-12)14(19)15(11-20-2)6-8-16-9-7-15/h3-5,10,16,18H,6-9,11H2,1-2H3. The normalized spacial score (nSPS) is 17.7. The van der Waals surface area contributed by atoms with Crippen molar-refractivity contribution >= 4 is 11.6 Å². The molecule has 1 aromatic rings. The van der Waals surface area contributed by atoms with Gasteiger partial charge in [0.05, 0.1) is 12.0 Å². The molecule has 0 unspecified atom stereocenters. The number of anilines is 1. The van der Waals surface area contributed by atoms with Gasteiger partial charge in [0.2, 0.25) is 5.91 Å². The van der Waals surface area contributed by atoms with Crippen molar-refractivity contribution in [2.75, 3.05) is 38.8 Å². The Morgan fingerprint density at radius 1 is 1.45 bits per heavy atom. The van der Waals surface area contributed by atoms with E-state index in [9.17, 15) is 9.90 Å². The Kier molecular flexibility index (Phi) is 4.62. The summed E-state index contributed by atoms with van der Waals surface area (Å²) in [5.74, 6) is 0.208. The van der Waals surface area contributed by atoms with E-state index < -0.39 is 5.41 Å². The van der Waals surface area contributed by atoms with Crippen LogP contribution in [0.3, 0.4) is 0 Å². The van der Waals surface area contributed by atoms with Crippen molar-refractivity contribution in [3.8, 4) is 5.75 Å². The van der Waals surface area contributed by atoms with Gasteiger partial charge in [0.25, 0.3) is 0 Å². The van der Waals surface area contributed by atoms with E-state index in [1.165, 1.54) is 0 Å². The van der Waals surface area contributed by atoms with Crippen LogP contribution in [0.15, 0.2) is 24.3 Å². The summed E-state index contributed by atoms with van der Waals surface area (Å²) in [5, 5.41) is 12.8. The quantitative estimate of drug-likeness (QED) is 0.873. The number of nitrogens with zero attached hydrogens (tertiary/aromatic N) is 1. The van der Waals surface area contributed by atoms with E-state index in [2.05, 4.69) is 5.32 Å². The first-order valence-corrected chi connectivity index (χ1v) is 6.86. The molecule has 0 aromatic heterocycles. The number of ether oxygens (including phenoxy) is 1. The lowest BCUT2D eigenvalue weighted by molar-refractivity contribution is -0.133. The number of methoxy groups -OCH3 is 1. The zero-order valence-corrected chi connectivity index (χ0v) is 12.1. The second kappa shape index (κ2) is 6.24. The van der Waals surface area contributed by atoms with E-state index >= 15 is 0 Å². The number of phenolic OH excluding ortho intramolecular Hbond substituents is 1. The zero-order valence-electron chi connectivity index (χ0n) is 12.1. The Bertz CT molecular complexity index is 464. The average molecular weight is 278 g/mol. The number of amides is 1. The van der Waals surface area contributed by atoms with Crippen molar-refractivity contribution in [3.63, 3.8) is 0 Å². The molecule has 1 saturated heterocycles. The third-order valence-corrected chi connectivity index (χ3v) is 3.96. The highest BCUT2D eigenvalue weighted by atomic mass is 16.5. The second-order valence-corrected chi connectivity index (χ2v) is 5.35. The molecule has 0 radical (unpaired) electrons. The number of rotatable bonds is 4. The van der Waals surface area contributed by atoms with Crippen molar-refractivity contribution < 1.29 is 14.6 Å². The van der Waals surface area contributed by atoms with E-state index in [-0.39, 0.29) is 11.7 Å². The Morgan fingerprint density at radius 3 is 2.75 bits per heavy atom. The van der Waals surface area contributed by atoms with Crippen molar-refractivity contribution in [1.82, 2.24) is 5.32 Å². The fraction of sp³-hybridized carbons (Fsp3) is 0.533. The summed E-state index contributed by atoms with van der Waals surface area (Å²) in [6, 6.07) is 6.75. The Hall–Kier alpha value is -1.59. The van der Waals surface area contributed by atoms with Crippen molar-refractivity contribution in [1.29, 1.82) is 0 Å². The van der Waals surface area contributed by atoms with Crippen LogP contribution >= 0.6 is 0 Å². The van der Waals surface area contributed by atoms with Crippen LogP contribution in [0.2, 0.25) is 0 Å². The van der Waals surface area contributed by atoms with E-state index in [0.717, 1.165) is 25.9 Å². The first kappa shape index (κ1) is 14.8. The number of phenols is 1. The van der Waals surface area contributed by atoms with Crippen molar-refractivity contribution in [2.45, 2.75) is 12.8 Å². The molecule has 110 valence electrons. The first-order chi connectivity index (χ1) is 9.59. The molecule has 0 aliphatic carbocycles. The summed E-state index contributed by atoms with van der Waals surface area (Å²) >= 11 is 0. The Morgan fingerprint density at radius 2 is 2.15 bits per heavy atom. The molecular weight excluding hydrogens is 256 g/mol. The second-order valence-electron chi connectivity index (χ2n) is 5.35. The zero-order chi connectivity index (χ0) is 14.6. The topological polar surface area (TPSA) is 61.8 Å². The van der Waals surface area contributed by atoms with E-state index in [4.69, 9.17) is 4.74 Å². The lowest BCUT2D eigenvalue weighted by atomic mass is 9.78. The minimum Gasteiger partial charge on any atom is -0.508 e. The monoisotopic (exact) mass is 278 g/mol. The highest BCUT2D eigenvalue weighted by Gasteiger charge is 2.41. The van der Waals surface area contributed by atoms with Gasteiger partial charge in [-0.3, -0.25) is 4.79 Å². The lowest BCUT2D eigenvalue weighted by Gasteiger charge is -2.38. The molecule has 0 spiro atoms. The van der Waals surface area contributed by atoms with Crippen LogP contribution in [0.4, 0.5) is 5.69 Å². The SMILES string of the molecule is COCC1(C(=O)N(C)c2cccc(O)c2)CCNCC1. The van der Waals surface area contributed by atoms with Crippen LogP contribution in [0.1, 0.15) is 12.8 Å². The molecule has 1 aromatic carbocycles. The third-order valence-electron chi connectivity index (χ3n) is 3.96. The van der Waals surface area contributed by atoms with Gasteiger partial charge < -0.3 is 20.1 Å². The van der Waals surface area contributed by atoms with Gasteiger partial charge >= 0.3 is 0 Å². The fourth-order valence-corrected chi connectivity index (χ4v) is 2.78. The first-order valence-electron chi connectivity index (χ1n) is 6.86. The molecule has 1 fully saturated rings. The molecule has 2 rings (SSSR count). The Balaban J connectivity index is 2.22. The van der Waals surface area contributed by atoms with Crippen LogP contribution in [0, 0.1) is 5.41 Å². The van der Waals surface area contributed by atoms with Crippen LogP contribution < -0.4 is 10.2 Å². The molecule has 0 bridgehead atoms. The average Bonchev–Trinajstić information content (AvgIpc) is 2.47. The highest BCUT2D eigenvalue weighted by molar-refractivity contribution is 5.97. The smallest absolute Gasteiger partial charge is 0.235 e. The summed E-state index contributed by atoms with van der Waals surface area (Å²) in [5.41, 5.74) is 0.226. The van der Waals surface area contributed by atoms with Gasteiger partial charge in [-0.2, -0.15) is 0 Å². The van der Waals surface area contributed by atoms with Gasteiger partial charge in [-0.05, 0) is 38.1 Å². The number of nitrogens with one attached hydrogen (secondary N) is 1. The van der Waals surface area contributed by atoms with E-state index in [0.29, 0.717) is 12.3 Å². The van der Waals surface area contributed by atoms with Crippen LogP contribution in [0.5, 0.6) is 5.75 Å². The summed E-state index contributed by atoms with van der Waals surface area (Å²) in [4.78, 5) is 14.5. The van der Waals surface area contributed by atoms with E-state index in [1.54, 1.807) is 37.3 Å². The number of carbonyl (C=O) groups is 1. The minimum absolute atomic E-state index is 0.0476. The lowest BCUT2D eigenvalue weighted by Crippen LogP contribution is -2.50. The summed E-state index contributed by atoms with van der Waals surface area (Å²) in [6.45, 7) is 2.07. The Labute approximate surface area is 119 Å². The molecule has 2 N–H and O–H groups in total. The molecule has 5 heteroatoms. The highest BCUT2D eigenvalue weighted by Crippen LogP contribution is 2.33. The third kappa shape index (κ3) is 2.94. The number of carbonyl (C=O) groups excluding carboxylic acids is 1. The maximum absolute atomic E-state index is 12.9. The summed E-state index contributed by atoms with van der Waals surface area (Å²) < 4.78 is 5.29. The molecule has 1 heterocycles. The van der Waals surface area contributed by atoms with Crippen molar-refractivity contribution in [3.05, 3.63) is 24.3 Å². The van der Waals surface area contributed by atoms with Crippen LogP contribution in [0.25, 0.3) is 0 Å². The molecule has 1 aliphatic rings. The summed E-state index contributed by atoms with van der Waals surface area (Å²) in [6.07, 6.45) is 1.53. The minimum atomic E-state index is -0.472. The largest absolute Gasteiger partial charge is 0.508 e. The molecular formula is C15H22N2O3. The van der Waals surface area contributed by atoms with Gasteiger partial charge in [0.15, 0.2) is 0 Å². The molecule has 5 nitrogen and oxygen atoms in total. The maximum Gasteiger partial charge on any atom is 0.235 e. The predicted molar refractivity (Wildman–Crippen MR) is 77.9 cm³/mol. The molecule has 1 amide bonds. The van der Waals surface area contributed by atoms with Crippen LogP contribution in [-0.2, 0) is 9.53 Å². The molecule has 0 atom stereocenters. The number of benzene rings is 1. The van der Waals surface area contributed by atoms with Gasteiger partial charge in [0.1, 0.15) is 5.75 Å². The fourth-order valence-electron chi connectivity index (χ4n) is 2.78. The number of aromatic hydroxyl groups is 1. The van der Waals surface area contributed by atoms with Gasteiger partial charge in [0, 0.05) is 25.9 Å². The van der Waals surface area contributed by atoms with Crippen molar-refractivity contribution in [2.24, 2.45) is 5.41 Å². The van der Waals surface area contributed by atoms with Crippen LogP contribution in [-0.4, -0.2) is 44.9 Å². The van der Waals surface area contributed by atoms with Gasteiger partial charge in [-0.1, -0.05) is 6.07 Å². The molecule has 0 saturated carbocycles. The van der Waals surface area contributed by atoms with E-state index in [1.807, 2.05) is 6.07 Å². The summed E-state index contributed by atoms with van der Waals surface area (Å²) in [7, 11) is 3.38. The molecule has 20 heavy (non-hydrogen) atoms. The maximum atomic E-state index is 12.9. The number of hydrogen-bond donors (Lipinski definition) is 2. The van der Waals surface area contributed by atoms with Gasteiger partial charge in [-0.25, -0.2) is 0 Å². The predicted octanol–water partition coefficient (Wildman–Crippen LogP) is 1.37. The molecule has 1 aliphatic heterocycles. The number of piperidine rings is 1. The number of hydrogen-bond acceptors (Lipinski definition) is 4.